The largest absolute Gasteiger partial charge is 0.510 e. The van der Waals surface area contributed by atoms with E-state index in [0.29, 0.717) is 6.08 Å². The average molecular weight is 235 g/mol. The molecule has 9 heteroatoms. The first kappa shape index (κ1) is 11.6. The Morgan fingerprint density at radius 3 is 2.47 bits per heavy atom. The summed E-state index contributed by atoms with van der Waals surface area (Å²) in [6.07, 6.45) is 2.27. The van der Waals surface area contributed by atoms with Crippen molar-refractivity contribution in [1.29, 1.82) is 0 Å². The number of nitro groups is 1. The summed E-state index contributed by atoms with van der Waals surface area (Å²) in [7, 11) is -4.52. The van der Waals surface area contributed by atoms with Crippen LogP contribution in [-0.4, -0.2) is 29.4 Å². The maximum Gasteiger partial charge on any atom is 0.372 e. The van der Waals surface area contributed by atoms with Crippen molar-refractivity contribution in [3.8, 4) is 0 Å². The van der Waals surface area contributed by atoms with Crippen molar-refractivity contribution < 1.29 is 18.4 Å². The minimum atomic E-state index is -4.52. The Kier molecular flexibility index (Phi) is 2.55. The van der Waals surface area contributed by atoms with Crippen LogP contribution in [-0.2, 0) is 10.0 Å². The highest BCUT2D eigenvalue weighted by Gasteiger charge is 2.52. The predicted molar refractivity (Wildman–Crippen MR) is 50.7 cm³/mol. The van der Waals surface area contributed by atoms with Crippen LogP contribution in [0.5, 0.6) is 0 Å². The summed E-state index contributed by atoms with van der Waals surface area (Å²) in [5.41, 5.74) is 5.28. The van der Waals surface area contributed by atoms with Crippen LogP contribution in [0.1, 0.15) is 0 Å². The van der Waals surface area contributed by atoms with Crippen molar-refractivity contribution in [2.75, 3.05) is 0 Å². The summed E-state index contributed by atoms with van der Waals surface area (Å²) in [5, 5.41) is 24.6. The Bertz CT molecular complexity index is 453. The van der Waals surface area contributed by atoms with Gasteiger partial charge in [0.25, 0.3) is 10.0 Å². The smallest absolute Gasteiger partial charge is 0.372 e. The van der Waals surface area contributed by atoms with Gasteiger partial charge in [0.15, 0.2) is 0 Å². The van der Waals surface area contributed by atoms with Gasteiger partial charge >= 0.3 is 4.87 Å². The van der Waals surface area contributed by atoms with Gasteiger partial charge in [0.2, 0.25) is 0 Å². The van der Waals surface area contributed by atoms with E-state index in [9.17, 15) is 23.6 Å². The molecule has 0 radical (unpaired) electrons. The molecule has 2 unspecified atom stereocenters. The van der Waals surface area contributed by atoms with Crippen LogP contribution in [0.2, 0.25) is 0 Å². The molecule has 5 N–H and O–H groups in total. The van der Waals surface area contributed by atoms with Crippen molar-refractivity contribution in [2.45, 2.75) is 10.9 Å². The van der Waals surface area contributed by atoms with Crippen LogP contribution in [0.3, 0.4) is 0 Å². The van der Waals surface area contributed by atoms with Gasteiger partial charge < -0.3 is 10.8 Å². The second kappa shape index (κ2) is 3.29. The molecule has 0 aromatic rings. The fourth-order valence-corrected chi connectivity index (χ4v) is 1.85. The van der Waals surface area contributed by atoms with Gasteiger partial charge in [-0.3, -0.25) is 10.1 Å². The van der Waals surface area contributed by atoms with Crippen LogP contribution in [0.15, 0.2) is 24.0 Å². The van der Waals surface area contributed by atoms with Gasteiger partial charge in [-0.2, -0.15) is 0 Å². The van der Waals surface area contributed by atoms with E-state index in [1.165, 1.54) is 0 Å². The van der Waals surface area contributed by atoms with Gasteiger partial charge in [0.05, 0.1) is 17.0 Å². The molecule has 0 aliphatic heterocycles. The van der Waals surface area contributed by atoms with E-state index in [4.69, 9.17) is 10.9 Å². The molecule has 0 spiro atoms. The summed E-state index contributed by atoms with van der Waals surface area (Å²) >= 11 is 0. The molecule has 0 aromatic heterocycles. The zero-order chi connectivity index (χ0) is 11.9. The van der Waals surface area contributed by atoms with Gasteiger partial charge in [-0.05, 0) is 0 Å². The van der Waals surface area contributed by atoms with Crippen molar-refractivity contribution >= 4 is 10.0 Å². The molecule has 1 aliphatic carbocycles. The number of aliphatic hydroxyl groups excluding tert-OH is 1. The first-order valence-corrected chi connectivity index (χ1v) is 5.29. The lowest BCUT2D eigenvalue weighted by molar-refractivity contribution is -0.513. The minimum absolute atomic E-state index is 0.521. The quantitative estimate of drug-likeness (QED) is 0.304. The van der Waals surface area contributed by atoms with Crippen LogP contribution in [0, 0.1) is 10.1 Å². The molecule has 0 saturated heterocycles. The number of rotatable bonds is 2. The Morgan fingerprint density at radius 2 is 2.13 bits per heavy atom. The second-order valence-corrected chi connectivity index (χ2v) is 4.75. The highest BCUT2D eigenvalue weighted by Crippen LogP contribution is 2.25. The highest BCUT2D eigenvalue weighted by molar-refractivity contribution is 7.90. The summed E-state index contributed by atoms with van der Waals surface area (Å²) < 4.78 is 22.2. The van der Waals surface area contributed by atoms with E-state index in [0.717, 1.165) is 12.2 Å². The first-order chi connectivity index (χ1) is 6.71. The van der Waals surface area contributed by atoms with E-state index in [2.05, 4.69) is 0 Å². The van der Waals surface area contributed by atoms with Gasteiger partial charge in [-0.1, -0.05) is 6.08 Å². The van der Waals surface area contributed by atoms with Gasteiger partial charge in [0, 0.05) is 6.08 Å². The molecular formula is C6H9N3O5S. The lowest BCUT2D eigenvalue weighted by Crippen LogP contribution is -2.49. The molecule has 0 heterocycles. The van der Waals surface area contributed by atoms with Crippen molar-refractivity contribution in [3.63, 3.8) is 0 Å². The Morgan fingerprint density at radius 1 is 1.60 bits per heavy atom. The molecule has 0 saturated carbocycles. The first-order valence-electron chi connectivity index (χ1n) is 3.74. The summed E-state index contributed by atoms with van der Waals surface area (Å²) in [6, 6.07) is -0.958. The highest BCUT2D eigenvalue weighted by atomic mass is 32.2. The number of nitrogens with two attached hydrogens (primary N) is 2. The third kappa shape index (κ3) is 1.71. The normalized spacial score (nSPS) is 31.1. The number of sulfonamides is 1. The summed E-state index contributed by atoms with van der Waals surface area (Å²) in [6.45, 7) is 0. The van der Waals surface area contributed by atoms with Gasteiger partial charge in [0.1, 0.15) is 5.76 Å². The molecule has 15 heavy (non-hydrogen) atoms. The van der Waals surface area contributed by atoms with Crippen LogP contribution < -0.4 is 10.9 Å². The number of primary sulfonamides is 1. The fourth-order valence-electron chi connectivity index (χ4n) is 1.09. The van der Waals surface area contributed by atoms with E-state index >= 15 is 0 Å². The molecular weight excluding hydrogens is 226 g/mol. The Labute approximate surface area is 85.1 Å². The standard InChI is InChI=1S/C6H9N3O5S/c7-4-1-2-6(9(11)12,3-5(4)10)15(8,13)14/h1-4,10H,7H2,(H2,8,13,14). The molecule has 0 aromatic carbocycles. The maximum atomic E-state index is 11.1. The van der Waals surface area contributed by atoms with E-state index in [-0.39, 0.29) is 0 Å². The third-order valence-electron chi connectivity index (χ3n) is 1.98. The number of aliphatic hydroxyl groups is 1. The van der Waals surface area contributed by atoms with E-state index in [1.807, 2.05) is 0 Å². The molecule has 0 amide bonds. The van der Waals surface area contributed by atoms with Gasteiger partial charge in [-0.15, -0.1) is 0 Å². The third-order valence-corrected chi connectivity index (χ3v) is 3.29. The average Bonchev–Trinajstić information content (AvgIpc) is 2.07. The molecule has 8 nitrogen and oxygen atoms in total. The molecule has 1 aliphatic rings. The van der Waals surface area contributed by atoms with Crippen LogP contribution in [0.4, 0.5) is 0 Å². The summed E-state index contributed by atoms with van der Waals surface area (Å²) in [4.78, 5) is 6.93. The van der Waals surface area contributed by atoms with Crippen molar-refractivity contribution in [3.05, 3.63) is 34.1 Å². The molecule has 1 rings (SSSR count). The fraction of sp³-hybridized carbons (Fsp3) is 0.333. The Hall–Kier alpha value is -1.45. The summed E-state index contributed by atoms with van der Waals surface area (Å²) in [5.74, 6) is -0.608. The molecule has 0 bridgehead atoms. The van der Waals surface area contributed by atoms with Crippen LogP contribution >= 0.6 is 0 Å². The van der Waals surface area contributed by atoms with Gasteiger partial charge in [-0.25, -0.2) is 13.6 Å². The van der Waals surface area contributed by atoms with Crippen molar-refractivity contribution in [2.24, 2.45) is 10.9 Å². The second-order valence-electron chi connectivity index (χ2n) is 3.01. The zero-order valence-electron chi connectivity index (χ0n) is 7.40. The molecule has 84 valence electrons. The molecule has 2 atom stereocenters. The van der Waals surface area contributed by atoms with E-state index in [1.54, 1.807) is 0 Å². The topological polar surface area (TPSA) is 150 Å². The monoisotopic (exact) mass is 235 g/mol. The minimum Gasteiger partial charge on any atom is -0.510 e. The van der Waals surface area contributed by atoms with Crippen molar-refractivity contribution in [1.82, 2.24) is 0 Å². The Balaban J connectivity index is 3.42. The molecule has 0 fully saturated rings. The number of hydrogen-bond donors (Lipinski definition) is 3. The predicted octanol–water partition coefficient (Wildman–Crippen LogP) is -1.41. The number of nitrogens with zero attached hydrogens (tertiary/aromatic N) is 1. The van der Waals surface area contributed by atoms with Crippen LogP contribution in [0.25, 0.3) is 0 Å². The SMILES string of the molecule is NC1C=CC([N+](=O)[O-])(S(N)(=O)=O)C=C1O. The lowest BCUT2D eigenvalue weighted by atomic mass is 10.1. The maximum absolute atomic E-state index is 11.1. The zero-order valence-corrected chi connectivity index (χ0v) is 8.22. The van der Waals surface area contributed by atoms with E-state index < -0.39 is 31.6 Å². The number of hydrogen-bond acceptors (Lipinski definition) is 6. The lowest BCUT2D eigenvalue weighted by Gasteiger charge is -2.21.